The number of rotatable bonds is 0. The fraction of sp³-hybridized carbons (Fsp3) is 0. The monoisotopic (exact) mass is 435 g/mol. The molecular formula is C25H14BrN3. The summed E-state index contributed by atoms with van der Waals surface area (Å²) < 4.78 is 5.76. The van der Waals surface area contributed by atoms with Gasteiger partial charge in [-0.25, -0.2) is 4.98 Å². The molecule has 0 saturated heterocycles. The minimum Gasteiger partial charge on any atom is -0.306 e. The third-order valence-corrected chi connectivity index (χ3v) is 6.36. The fourth-order valence-corrected chi connectivity index (χ4v) is 5.23. The molecule has 0 bridgehead atoms. The van der Waals surface area contributed by atoms with Crippen LogP contribution in [0.5, 0.6) is 0 Å². The lowest BCUT2D eigenvalue weighted by atomic mass is 10.1. The average molecular weight is 436 g/mol. The lowest BCUT2D eigenvalue weighted by Gasteiger charge is -2.02. The third kappa shape index (κ3) is 1.89. The average Bonchev–Trinajstić information content (AvgIpc) is 3.26. The van der Waals surface area contributed by atoms with Crippen molar-refractivity contribution in [2.45, 2.75) is 0 Å². The van der Waals surface area contributed by atoms with Gasteiger partial charge in [-0.05, 0) is 42.5 Å². The Bertz CT molecular complexity index is 1770. The molecule has 0 N–H and O–H groups in total. The van der Waals surface area contributed by atoms with E-state index in [9.17, 15) is 0 Å². The molecule has 3 nitrogen and oxygen atoms in total. The van der Waals surface area contributed by atoms with E-state index in [1.165, 1.54) is 27.3 Å². The first-order valence-corrected chi connectivity index (χ1v) is 10.4. The van der Waals surface area contributed by atoms with Crippen LogP contribution >= 0.6 is 15.9 Å². The van der Waals surface area contributed by atoms with Crippen LogP contribution in [0.1, 0.15) is 0 Å². The largest absolute Gasteiger partial charge is 0.306 e. The van der Waals surface area contributed by atoms with Gasteiger partial charge >= 0.3 is 0 Å². The quantitative estimate of drug-likeness (QED) is 0.252. The molecule has 0 aliphatic carbocycles. The molecule has 3 aromatic heterocycles. The van der Waals surface area contributed by atoms with E-state index in [4.69, 9.17) is 4.98 Å². The van der Waals surface area contributed by atoms with Crippen molar-refractivity contribution in [3.05, 3.63) is 89.4 Å². The van der Waals surface area contributed by atoms with Gasteiger partial charge in [0.25, 0.3) is 0 Å². The van der Waals surface area contributed by atoms with E-state index in [-0.39, 0.29) is 0 Å². The normalized spacial score (nSPS) is 12.3. The maximum atomic E-state index is 5.08. The van der Waals surface area contributed by atoms with E-state index >= 15 is 0 Å². The van der Waals surface area contributed by atoms with Crippen molar-refractivity contribution < 1.29 is 0 Å². The summed E-state index contributed by atoms with van der Waals surface area (Å²) in [5, 5.41) is 3.63. The Hall–Kier alpha value is -3.37. The van der Waals surface area contributed by atoms with E-state index in [2.05, 4.69) is 110 Å². The molecule has 29 heavy (non-hydrogen) atoms. The molecule has 4 heteroatoms. The van der Waals surface area contributed by atoms with E-state index < -0.39 is 0 Å². The summed E-state index contributed by atoms with van der Waals surface area (Å²) >= 11 is 3.75. The topological polar surface area (TPSA) is 21.7 Å². The Kier molecular flexibility index (Phi) is 2.88. The molecular weight excluding hydrogens is 422 g/mol. The minimum absolute atomic E-state index is 0.978. The van der Waals surface area contributed by atoms with Crippen molar-refractivity contribution in [3.8, 4) is 0 Å². The van der Waals surface area contributed by atoms with Crippen LogP contribution in [0.15, 0.2) is 89.4 Å². The van der Waals surface area contributed by atoms with Crippen molar-refractivity contribution in [1.29, 1.82) is 0 Å². The molecule has 7 aromatic rings. The van der Waals surface area contributed by atoms with Crippen molar-refractivity contribution in [3.63, 3.8) is 0 Å². The number of fused-ring (bicyclic) bond motifs is 10. The highest BCUT2D eigenvalue weighted by molar-refractivity contribution is 9.10. The van der Waals surface area contributed by atoms with Gasteiger partial charge in [-0.1, -0.05) is 58.4 Å². The highest BCUT2D eigenvalue weighted by Crippen LogP contribution is 2.38. The molecule has 0 atom stereocenters. The molecule has 3 heterocycles. The standard InChI is InChI=1S/C25H14BrN3/c26-15-13-17-16-7-1-3-9-20(16)28-22-11-5-6-12-23(22)29-21-10-4-2-8-19(21)27-25(29)18(14-15)24(17)28/h1-14H. The first kappa shape index (κ1) is 15.5. The lowest BCUT2D eigenvalue weighted by molar-refractivity contribution is 1.30. The van der Waals surface area contributed by atoms with Crippen LogP contribution < -0.4 is 0 Å². The molecule has 0 radical (unpaired) electrons. The van der Waals surface area contributed by atoms with Crippen molar-refractivity contribution in [2.24, 2.45) is 0 Å². The van der Waals surface area contributed by atoms with Crippen LogP contribution in [0.2, 0.25) is 0 Å². The Morgan fingerprint density at radius 3 is 2.03 bits per heavy atom. The summed E-state index contributed by atoms with van der Waals surface area (Å²) in [5.41, 5.74) is 7.84. The summed E-state index contributed by atoms with van der Waals surface area (Å²) in [7, 11) is 0. The highest BCUT2D eigenvalue weighted by Gasteiger charge is 2.18. The summed E-state index contributed by atoms with van der Waals surface area (Å²) in [5.74, 6) is 0. The zero-order chi connectivity index (χ0) is 19.1. The predicted octanol–water partition coefficient (Wildman–Crippen LogP) is 6.96. The van der Waals surface area contributed by atoms with Gasteiger partial charge in [0, 0.05) is 20.6 Å². The maximum Gasteiger partial charge on any atom is 0.147 e. The Balaban J connectivity index is 2.01. The minimum atomic E-state index is 0.978. The molecule has 0 spiro atoms. The first-order chi connectivity index (χ1) is 14.3. The molecule has 0 aliphatic rings. The van der Waals surface area contributed by atoms with Crippen molar-refractivity contribution in [2.75, 3.05) is 0 Å². The fourth-order valence-electron chi connectivity index (χ4n) is 4.78. The first-order valence-electron chi connectivity index (χ1n) is 9.61. The molecule has 0 aliphatic heterocycles. The second-order valence-corrected chi connectivity index (χ2v) is 8.37. The summed E-state index contributed by atoms with van der Waals surface area (Å²) in [6.45, 7) is 0. The molecule has 0 amide bonds. The van der Waals surface area contributed by atoms with Gasteiger partial charge in [0.2, 0.25) is 0 Å². The van der Waals surface area contributed by atoms with Gasteiger partial charge < -0.3 is 4.40 Å². The maximum absolute atomic E-state index is 5.08. The van der Waals surface area contributed by atoms with Crippen LogP contribution in [-0.4, -0.2) is 13.8 Å². The van der Waals surface area contributed by atoms with Gasteiger partial charge in [-0.2, -0.15) is 0 Å². The van der Waals surface area contributed by atoms with E-state index in [0.717, 1.165) is 32.1 Å². The zero-order valence-electron chi connectivity index (χ0n) is 15.3. The van der Waals surface area contributed by atoms with Gasteiger partial charge in [-0.3, -0.25) is 4.40 Å². The summed E-state index contributed by atoms with van der Waals surface area (Å²) in [6, 6.07) is 30.0. The molecule has 0 fully saturated rings. The number of aromatic nitrogens is 3. The van der Waals surface area contributed by atoms with Gasteiger partial charge in [0.15, 0.2) is 0 Å². The summed E-state index contributed by atoms with van der Waals surface area (Å²) in [6.07, 6.45) is 0. The molecule has 0 saturated carbocycles. The van der Waals surface area contributed by atoms with E-state index in [0.29, 0.717) is 0 Å². The van der Waals surface area contributed by atoms with Gasteiger partial charge in [-0.15, -0.1) is 0 Å². The van der Waals surface area contributed by atoms with Crippen LogP contribution in [0.4, 0.5) is 0 Å². The number of hydrogen-bond acceptors (Lipinski definition) is 1. The van der Waals surface area contributed by atoms with E-state index in [1.54, 1.807) is 0 Å². The Labute approximate surface area is 173 Å². The van der Waals surface area contributed by atoms with Gasteiger partial charge in [0.1, 0.15) is 5.65 Å². The number of imidazole rings is 1. The zero-order valence-corrected chi connectivity index (χ0v) is 16.9. The van der Waals surface area contributed by atoms with Gasteiger partial charge in [0.05, 0.1) is 33.1 Å². The van der Waals surface area contributed by atoms with E-state index in [1.807, 2.05) is 0 Å². The van der Waals surface area contributed by atoms with Crippen LogP contribution in [-0.2, 0) is 0 Å². The molecule has 136 valence electrons. The molecule has 7 rings (SSSR count). The number of halogens is 1. The van der Waals surface area contributed by atoms with Crippen LogP contribution in [0.25, 0.3) is 54.9 Å². The number of hydrogen-bond donors (Lipinski definition) is 0. The Morgan fingerprint density at radius 1 is 0.586 bits per heavy atom. The molecule has 4 aromatic carbocycles. The number of nitrogens with zero attached hydrogens (tertiary/aromatic N) is 3. The van der Waals surface area contributed by atoms with Crippen molar-refractivity contribution >= 4 is 70.8 Å². The number of benzene rings is 4. The molecule has 0 unspecified atom stereocenters. The second kappa shape index (κ2) is 5.37. The summed E-state index contributed by atoms with van der Waals surface area (Å²) in [4.78, 5) is 5.08. The second-order valence-electron chi connectivity index (χ2n) is 7.45. The number of para-hydroxylation sites is 5. The predicted molar refractivity (Wildman–Crippen MR) is 124 cm³/mol. The van der Waals surface area contributed by atoms with Crippen molar-refractivity contribution in [1.82, 2.24) is 13.8 Å². The SMILES string of the molecule is Brc1cc2c3ccccc3n3c4ccccc4n4c5ccccc5nc4c(c1)c23. The Morgan fingerprint density at radius 2 is 1.21 bits per heavy atom. The third-order valence-electron chi connectivity index (χ3n) is 5.90. The van der Waals surface area contributed by atoms with Crippen LogP contribution in [0.3, 0.4) is 0 Å². The van der Waals surface area contributed by atoms with Crippen LogP contribution in [0, 0.1) is 0 Å². The smallest absolute Gasteiger partial charge is 0.147 e. The highest BCUT2D eigenvalue weighted by atomic mass is 79.9. The lowest BCUT2D eigenvalue weighted by Crippen LogP contribution is -1.87.